The van der Waals surface area contributed by atoms with Crippen LogP contribution in [-0.2, 0) is 0 Å². The van der Waals surface area contributed by atoms with E-state index < -0.39 is 0 Å². The number of carbonyl (C=O) groups is 1. The number of rotatable bonds is 6. The Balaban J connectivity index is 1.43. The summed E-state index contributed by atoms with van der Waals surface area (Å²) in [7, 11) is 0. The molecule has 1 aliphatic heterocycles. The predicted molar refractivity (Wildman–Crippen MR) is 104 cm³/mol. The molecule has 5 nitrogen and oxygen atoms in total. The van der Waals surface area contributed by atoms with Crippen LogP contribution in [0.4, 0.5) is 0 Å². The molecule has 25 heavy (non-hydrogen) atoms. The van der Waals surface area contributed by atoms with Crippen LogP contribution in [-0.4, -0.2) is 49.5 Å². The van der Waals surface area contributed by atoms with Gasteiger partial charge in [0.2, 0.25) is 0 Å². The first-order chi connectivity index (χ1) is 12.2. The molecule has 138 valence electrons. The fourth-order valence-electron chi connectivity index (χ4n) is 4.04. The van der Waals surface area contributed by atoms with Crippen molar-refractivity contribution in [2.24, 2.45) is 10.4 Å². The number of nitrogens with one attached hydrogen (secondary N) is 2. The molecule has 0 aromatic carbocycles. The SMILES string of the molecule is CCNC(=NCCCNC(=O)c1cccs1)N1CCC2(CCCC2)C1. The van der Waals surface area contributed by atoms with E-state index in [1.54, 1.807) is 0 Å². The Morgan fingerprint density at radius 1 is 1.32 bits per heavy atom. The molecule has 0 radical (unpaired) electrons. The summed E-state index contributed by atoms with van der Waals surface area (Å²) >= 11 is 1.48. The van der Waals surface area contributed by atoms with Crippen LogP contribution in [0.2, 0.25) is 0 Å². The Kier molecular flexibility index (Phi) is 6.34. The molecule has 1 spiro atoms. The summed E-state index contributed by atoms with van der Waals surface area (Å²) in [6.07, 6.45) is 7.74. The number of thiophene rings is 1. The third-order valence-corrected chi connectivity index (χ3v) is 6.23. The second-order valence-electron chi connectivity index (χ2n) is 7.20. The molecule has 1 aromatic rings. The van der Waals surface area contributed by atoms with Gasteiger partial charge in [-0.15, -0.1) is 11.3 Å². The smallest absolute Gasteiger partial charge is 0.261 e. The Morgan fingerprint density at radius 2 is 2.16 bits per heavy atom. The van der Waals surface area contributed by atoms with Gasteiger partial charge in [0.1, 0.15) is 0 Å². The van der Waals surface area contributed by atoms with E-state index in [9.17, 15) is 4.79 Å². The van der Waals surface area contributed by atoms with Gasteiger partial charge in [0.15, 0.2) is 5.96 Å². The Morgan fingerprint density at radius 3 is 2.88 bits per heavy atom. The lowest BCUT2D eigenvalue weighted by Gasteiger charge is -2.26. The lowest BCUT2D eigenvalue weighted by molar-refractivity contribution is 0.0957. The highest BCUT2D eigenvalue weighted by atomic mass is 32.1. The summed E-state index contributed by atoms with van der Waals surface area (Å²) in [6, 6.07) is 3.76. The minimum absolute atomic E-state index is 0.0219. The summed E-state index contributed by atoms with van der Waals surface area (Å²) in [5.41, 5.74) is 0.560. The maximum absolute atomic E-state index is 11.9. The fraction of sp³-hybridized carbons (Fsp3) is 0.684. The van der Waals surface area contributed by atoms with Crippen molar-refractivity contribution in [2.75, 3.05) is 32.7 Å². The van der Waals surface area contributed by atoms with Gasteiger partial charge in [-0.25, -0.2) is 0 Å². The summed E-state index contributed by atoms with van der Waals surface area (Å²) in [4.78, 5) is 19.9. The van der Waals surface area contributed by atoms with E-state index in [4.69, 9.17) is 4.99 Å². The van der Waals surface area contributed by atoms with Crippen molar-refractivity contribution in [3.8, 4) is 0 Å². The van der Waals surface area contributed by atoms with Crippen LogP contribution in [0.15, 0.2) is 22.5 Å². The maximum atomic E-state index is 11.9. The standard InChI is InChI=1S/C19H30N4OS/c1-2-20-18(23-13-10-19(15-23)8-3-4-9-19)22-12-6-11-21-17(24)16-7-5-14-25-16/h5,7,14H,2-4,6,8-13,15H2,1H3,(H,20,22)(H,21,24). The van der Waals surface area contributed by atoms with E-state index in [1.165, 1.54) is 43.4 Å². The van der Waals surface area contributed by atoms with Crippen LogP contribution in [0.1, 0.15) is 55.1 Å². The van der Waals surface area contributed by atoms with Crippen LogP contribution in [0.3, 0.4) is 0 Å². The van der Waals surface area contributed by atoms with Gasteiger partial charge in [-0.2, -0.15) is 0 Å². The van der Waals surface area contributed by atoms with Crippen LogP contribution >= 0.6 is 11.3 Å². The average Bonchev–Trinajstić information content (AvgIpc) is 3.37. The van der Waals surface area contributed by atoms with Crippen molar-refractivity contribution in [1.82, 2.24) is 15.5 Å². The molecular weight excluding hydrogens is 332 g/mol. The van der Waals surface area contributed by atoms with Crippen molar-refractivity contribution < 1.29 is 4.79 Å². The summed E-state index contributed by atoms with van der Waals surface area (Å²) < 4.78 is 0. The van der Waals surface area contributed by atoms with Crippen LogP contribution in [0, 0.1) is 5.41 Å². The molecule has 2 N–H and O–H groups in total. The van der Waals surface area contributed by atoms with E-state index in [1.807, 2.05) is 17.5 Å². The highest BCUT2D eigenvalue weighted by Crippen LogP contribution is 2.45. The largest absolute Gasteiger partial charge is 0.357 e. The highest BCUT2D eigenvalue weighted by Gasteiger charge is 2.41. The molecule has 1 saturated heterocycles. The van der Waals surface area contributed by atoms with Crippen LogP contribution < -0.4 is 10.6 Å². The van der Waals surface area contributed by atoms with Crippen molar-refractivity contribution >= 4 is 23.2 Å². The van der Waals surface area contributed by atoms with Gasteiger partial charge >= 0.3 is 0 Å². The van der Waals surface area contributed by atoms with Gasteiger partial charge in [0.05, 0.1) is 4.88 Å². The topological polar surface area (TPSA) is 56.7 Å². The maximum Gasteiger partial charge on any atom is 0.261 e. The van der Waals surface area contributed by atoms with Crippen LogP contribution in [0.25, 0.3) is 0 Å². The lowest BCUT2D eigenvalue weighted by atomic mass is 9.86. The molecule has 1 amide bonds. The molecule has 6 heteroatoms. The summed E-state index contributed by atoms with van der Waals surface area (Å²) in [5.74, 6) is 1.07. The molecule has 3 rings (SSSR count). The van der Waals surface area contributed by atoms with Crippen molar-refractivity contribution in [3.63, 3.8) is 0 Å². The molecule has 2 heterocycles. The molecule has 0 atom stereocenters. The number of aliphatic imine (C=N–C) groups is 1. The molecule has 2 aliphatic rings. The zero-order valence-electron chi connectivity index (χ0n) is 15.2. The zero-order valence-corrected chi connectivity index (χ0v) is 16.0. The quantitative estimate of drug-likeness (QED) is 0.464. The normalized spacial score (nSPS) is 19.6. The molecule has 1 saturated carbocycles. The first-order valence-electron chi connectivity index (χ1n) is 9.57. The molecule has 2 fully saturated rings. The average molecular weight is 363 g/mol. The molecule has 1 aliphatic carbocycles. The fourth-order valence-corrected chi connectivity index (χ4v) is 4.68. The second kappa shape index (κ2) is 8.70. The monoisotopic (exact) mass is 362 g/mol. The zero-order chi connectivity index (χ0) is 17.5. The number of carbonyl (C=O) groups excluding carboxylic acids is 1. The number of hydrogen-bond donors (Lipinski definition) is 2. The van der Waals surface area contributed by atoms with Crippen molar-refractivity contribution in [1.29, 1.82) is 0 Å². The van der Waals surface area contributed by atoms with Gasteiger partial charge in [-0.3, -0.25) is 9.79 Å². The van der Waals surface area contributed by atoms with Gasteiger partial charge in [0.25, 0.3) is 5.91 Å². The molecular formula is C19H30N4OS. The van der Waals surface area contributed by atoms with E-state index in [0.717, 1.165) is 43.4 Å². The van der Waals surface area contributed by atoms with E-state index in [2.05, 4.69) is 22.5 Å². The highest BCUT2D eigenvalue weighted by molar-refractivity contribution is 7.12. The van der Waals surface area contributed by atoms with E-state index >= 15 is 0 Å². The van der Waals surface area contributed by atoms with E-state index in [-0.39, 0.29) is 5.91 Å². The Hall–Kier alpha value is -1.56. The van der Waals surface area contributed by atoms with Crippen LogP contribution in [0.5, 0.6) is 0 Å². The Labute approximate surface area is 154 Å². The lowest BCUT2D eigenvalue weighted by Crippen LogP contribution is -2.41. The minimum atomic E-state index is 0.0219. The first-order valence-corrected chi connectivity index (χ1v) is 10.5. The molecule has 1 aromatic heterocycles. The van der Waals surface area contributed by atoms with E-state index in [0.29, 0.717) is 12.0 Å². The summed E-state index contributed by atoms with van der Waals surface area (Å²) in [5, 5.41) is 8.34. The van der Waals surface area contributed by atoms with Gasteiger partial charge in [-0.05, 0) is 49.5 Å². The number of guanidine groups is 1. The van der Waals surface area contributed by atoms with Gasteiger partial charge < -0.3 is 15.5 Å². The third-order valence-electron chi connectivity index (χ3n) is 5.36. The van der Waals surface area contributed by atoms with Gasteiger partial charge in [-0.1, -0.05) is 18.9 Å². The van der Waals surface area contributed by atoms with Gasteiger partial charge in [0, 0.05) is 32.7 Å². The summed E-state index contributed by atoms with van der Waals surface area (Å²) in [6.45, 7) is 6.73. The second-order valence-corrected chi connectivity index (χ2v) is 8.15. The molecule has 0 unspecified atom stereocenters. The van der Waals surface area contributed by atoms with Crippen molar-refractivity contribution in [3.05, 3.63) is 22.4 Å². The number of likely N-dealkylation sites (tertiary alicyclic amines) is 1. The first kappa shape index (κ1) is 18.2. The minimum Gasteiger partial charge on any atom is -0.357 e. The number of hydrogen-bond acceptors (Lipinski definition) is 3. The Bertz CT molecular complexity index is 578. The molecule has 0 bridgehead atoms. The number of amides is 1. The predicted octanol–water partition coefficient (Wildman–Crippen LogP) is 3.10. The third kappa shape index (κ3) is 4.75. The van der Waals surface area contributed by atoms with Crippen molar-refractivity contribution in [2.45, 2.75) is 45.4 Å². The number of nitrogens with zero attached hydrogens (tertiary/aromatic N) is 2.